The molecule has 0 bridgehead atoms. The topological polar surface area (TPSA) is 114 Å². The average Bonchev–Trinajstić information content (AvgIpc) is 2.90. The van der Waals surface area contributed by atoms with E-state index in [1.165, 1.54) is 19.2 Å². The van der Waals surface area contributed by atoms with E-state index < -0.39 is 39.0 Å². The van der Waals surface area contributed by atoms with Crippen molar-refractivity contribution in [1.29, 1.82) is 0 Å². The number of hydrogen-bond acceptors (Lipinski definition) is 9. The Kier molecular flexibility index (Phi) is 8.80. The minimum Gasteiger partial charge on any atom is -0.467 e. The van der Waals surface area contributed by atoms with Gasteiger partial charge in [-0.25, -0.2) is 23.2 Å². The monoisotopic (exact) mass is 581 g/mol. The number of hydrogen-bond donors (Lipinski definition) is 1. The van der Waals surface area contributed by atoms with Gasteiger partial charge in [0, 0.05) is 31.6 Å². The van der Waals surface area contributed by atoms with Gasteiger partial charge in [-0.1, -0.05) is 38.1 Å². The van der Waals surface area contributed by atoms with Gasteiger partial charge in [0.15, 0.2) is 0 Å². The number of halogens is 3. The molecule has 1 N–H and O–H groups in total. The lowest BCUT2D eigenvalue weighted by Gasteiger charge is -2.34. The van der Waals surface area contributed by atoms with Crippen LogP contribution in [0, 0.1) is 5.92 Å². The van der Waals surface area contributed by atoms with Crippen molar-refractivity contribution in [2.45, 2.75) is 37.7 Å². The van der Waals surface area contributed by atoms with Crippen LogP contribution in [0.3, 0.4) is 0 Å². The number of piperazine rings is 1. The number of anilines is 1. The maximum atomic E-state index is 13.2. The lowest BCUT2D eigenvalue weighted by molar-refractivity contribution is -0.275. The summed E-state index contributed by atoms with van der Waals surface area (Å²) in [7, 11) is -2.91. The van der Waals surface area contributed by atoms with Gasteiger partial charge in [0.2, 0.25) is 10.0 Å². The molecule has 3 aromatic rings. The second-order valence-electron chi connectivity index (χ2n) is 9.57. The molecule has 2 heterocycles. The van der Waals surface area contributed by atoms with E-state index in [2.05, 4.69) is 20.0 Å². The molecule has 0 radical (unpaired) electrons. The predicted molar refractivity (Wildman–Crippen MR) is 141 cm³/mol. The molecule has 0 spiro atoms. The number of esters is 1. The molecule has 0 aliphatic carbocycles. The van der Waals surface area contributed by atoms with Crippen LogP contribution in [0.4, 0.5) is 19.0 Å². The highest BCUT2D eigenvalue weighted by molar-refractivity contribution is 7.89. The molecule has 0 unspecified atom stereocenters. The largest absolute Gasteiger partial charge is 0.573 e. The van der Waals surface area contributed by atoms with E-state index >= 15 is 0 Å². The summed E-state index contributed by atoms with van der Waals surface area (Å²) in [5, 5.41) is 3.93. The molecule has 40 heavy (non-hydrogen) atoms. The molecule has 1 saturated heterocycles. The van der Waals surface area contributed by atoms with E-state index in [0.29, 0.717) is 36.8 Å². The van der Waals surface area contributed by atoms with Crippen LogP contribution in [0.5, 0.6) is 5.75 Å². The molecule has 1 aromatic heterocycles. The van der Waals surface area contributed by atoms with Crippen LogP contribution in [0.15, 0.2) is 53.4 Å². The summed E-state index contributed by atoms with van der Waals surface area (Å²) < 4.78 is 74.9. The number of ether oxygens (including phenoxy) is 2. The Morgan fingerprint density at radius 3 is 2.33 bits per heavy atom. The second kappa shape index (κ2) is 11.9. The fourth-order valence-electron chi connectivity index (χ4n) is 4.42. The third-order valence-corrected chi connectivity index (χ3v) is 8.39. The number of aromatic nitrogens is 2. The number of para-hydroxylation sites is 2. The normalized spacial score (nSPS) is 16.2. The quantitative estimate of drug-likeness (QED) is 0.379. The maximum Gasteiger partial charge on any atom is 0.573 e. The van der Waals surface area contributed by atoms with Gasteiger partial charge >= 0.3 is 12.3 Å². The first kappa shape index (κ1) is 29.5. The Morgan fingerprint density at radius 2 is 1.68 bits per heavy atom. The lowest BCUT2D eigenvalue weighted by Crippen LogP contribution is -2.48. The van der Waals surface area contributed by atoms with E-state index in [-0.39, 0.29) is 19.0 Å². The number of carbonyl (C=O) groups is 1. The number of fused-ring (bicyclic) bond motifs is 1. The first-order valence-electron chi connectivity index (χ1n) is 12.6. The second-order valence-corrected chi connectivity index (χ2v) is 11.5. The van der Waals surface area contributed by atoms with E-state index in [4.69, 9.17) is 4.74 Å². The maximum absolute atomic E-state index is 13.2. The van der Waals surface area contributed by atoms with Crippen molar-refractivity contribution >= 4 is 32.7 Å². The Bertz CT molecular complexity index is 1460. The van der Waals surface area contributed by atoms with E-state index in [1.54, 1.807) is 0 Å². The van der Waals surface area contributed by atoms with Crippen LogP contribution < -0.4 is 10.1 Å². The van der Waals surface area contributed by atoms with Crippen molar-refractivity contribution in [3.05, 3.63) is 54.4 Å². The number of alkyl halides is 3. The number of methoxy groups -OCH3 is 1. The predicted octanol–water partition coefficient (Wildman–Crippen LogP) is 3.64. The number of sulfonamides is 1. The van der Waals surface area contributed by atoms with Gasteiger partial charge in [0.25, 0.3) is 0 Å². The standard InChI is InChI=1S/C26H30F3N5O5S/c1-17(2)23(25(35)38-3)32-24-18-8-4-5-9-19(18)30-22(31-24)16-33-12-14-34(15-13-33)40(36,37)21-11-7-6-10-20(21)39-26(27,28)29/h4-11,17,23H,12-16H2,1-3H3,(H,30,31,32)/t23-/m0/s1. The molecule has 0 saturated carbocycles. The number of benzene rings is 2. The van der Waals surface area contributed by atoms with Gasteiger partial charge in [0.1, 0.15) is 28.3 Å². The van der Waals surface area contributed by atoms with Gasteiger partial charge in [-0.3, -0.25) is 4.90 Å². The molecular formula is C26H30F3N5O5S. The fraction of sp³-hybridized carbons (Fsp3) is 0.423. The van der Waals surface area contributed by atoms with Crippen molar-refractivity contribution in [1.82, 2.24) is 19.2 Å². The van der Waals surface area contributed by atoms with Crippen LogP contribution in [0.2, 0.25) is 0 Å². The van der Waals surface area contributed by atoms with Crippen molar-refractivity contribution in [2.75, 3.05) is 38.6 Å². The molecule has 10 nitrogen and oxygen atoms in total. The zero-order valence-electron chi connectivity index (χ0n) is 22.2. The summed E-state index contributed by atoms with van der Waals surface area (Å²) >= 11 is 0. The first-order chi connectivity index (χ1) is 18.9. The van der Waals surface area contributed by atoms with Crippen molar-refractivity contribution in [3.8, 4) is 5.75 Å². The molecule has 1 aliphatic rings. The highest BCUT2D eigenvalue weighted by Crippen LogP contribution is 2.32. The molecule has 1 atom stereocenters. The summed E-state index contributed by atoms with van der Waals surface area (Å²) in [6.45, 7) is 4.79. The lowest BCUT2D eigenvalue weighted by atomic mass is 10.0. The Hall–Kier alpha value is -3.49. The van der Waals surface area contributed by atoms with Crippen LogP contribution in [-0.4, -0.2) is 79.3 Å². The van der Waals surface area contributed by atoms with Crippen LogP contribution in [0.25, 0.3) is 10.9 Å². The Balaban J connectivity index is 1.50. The van der Waals surface area contributed by atoms with E-state index in [1.807, 2.05) is 43.0 Å². The summed E-state index contributed by atoms with van der Waals surface area (Å²) in [5.74, 6) is -0.320. The van der Waals surface area contributed by atoms with E-state index in [9.17, 15) is 26.4 Å². The molecule has 2 aromatic carbocycles. The minimum absolute atomic E-state index is 0.0547. The third kappa shape index (κ3) is 6.80. The first-order valence-corrected chi connectivity index (χ1v) is 14.0. The van der Waals surface area contributed by atoms with Crippen LogP contribution in [-0.2, 0) is 26.1 Å². The Morgan fingerprint density at radius 1 is 1.02 bits per heavy atom. The summed E-state index contributed by atoms with van der Waals surface area (Å²) in [4.78, 5) is 23.1. The van der Waals surface area contributed by atoms with Crippen LogP contribution in [0.1, 0.15) is 19.7 Å². The van der Waals surface area contributed by atoms with Crippen molar-refractivity contribution in [2.24, 2.45) is 5.92 Å². The highest BCUT2D eigenvalue weighted by Gasteiger charge is 2.36. The van der Waals surface area contributed by atoms with Crippen molar-refractivity contribution in [3.63, 3.8) is 0 Å². The fourth-order valence-corrected chi connectivity index (χ4v) is 5.95. The SMILES string of the molecule is COC(=O)[C@@H](Nc1nc(CN2CCN(S(=O)(=O)c3ccccc3OC(F)(F)F)CC2)nc2ccccc12)C(C)C. The molecule has 14 heteroatoms. The number of carbonyl (C=O) groups excluding carboxylic acids is 1. The van der Waals surface area contributed by atoms with Gasteiger partial charge in [0.05, 0.1) is 19.2 Å². The zero-order chi connectivity index (χ0) is 29.1. The molecule has 1 aliphatic heterocycles. The zero-order valence-corrected chi connectivity index (χ0v) is 23.0. The minimum atomic E-state index is -5.02. The number of nitrogens with zero attached hydrogens (tertiary/aromatic N) is 4. The van der Waals surface area contributed by atoms with Crippen LogP contribution >= 0.6 is 0 Å². The molecule has 4 rings (SSSR count). The van der Waals surface area contributed by atoms with Gasteiger partial charge < -0.3 is 14.8 Å². The highest BCUT2D eigenvalue weighted by atomic mass is 32.2. The van der Waals surface area contributed by atoms with Crippen molar-refractivity contribution < 1.29 is 35.9 Å². The summed E-state index contributed by atoms with van der Waals surface area (Å²) in [6.07, 6.45) is -5.02. The third-order valence-electron chi connectivity index (χ3n) is 6.45. The number of rotatable bonds is 9. The smallest absolute Gasteiger partial charge is 0.467 e. The summed E-state index contributed by atoms with van der Waals surface area (Å²) in [5.41, 5.74) is 0.671. The van der Waals surface area contributed by atoms with Gasteiger partial charge in [-0.2, -0.15) is 4.31 Å². The molecular weight excluding hydrogens is 551 g/mol. The van der Waals surface area contributed by atoms with Gasteiger partial charge in [-0.15, -0.1) is 13.2 Å². The Labute approximate surface area is 230 Å². The number of nitrogens with one attached hydrogen (secondary N) is 1. The average molecular weight is 582 g/mol. The molecule has 1 fully saturated rings. The summed E-state index contributed by atoms with van der Waals surface area (Å²) in [6, 6.07) is 11.4. The molecule has 216 valence electrons. The van der Waals surface area contributed by atoms with E-state index in [0.717, 1.165) is 21.8 Å². The molecule has 0 amide bonds. The van der Waals surface area contributed by atoms with Gasteiger partial charge in [-0.05, 0) is 30.2 Å².